The standard InChI is InChI=1S/C15H23N5O10/c16-6(1-2-11(23)24)13(27)18-5-10(22)19-7(4-12(25)26)14(28)20-8(15(29)30)3-9(17)21/h6-8H,1-5,16H2,(H2,17,21)(H,18,27)(H,19,22)(H,20,28)(H,23,24)(H,25,26)(H,29,30). The molecule has 15 nitrogen and oxygen atoms in total. The summed E-state index contributed by atoms with van der Waals surface area (Å²) in [7, 11) is 0. The number of carboxylic acid groups (broad SMARTS) is 3. The van der Waals surface area contributed by atoms with Crippen molar-refractivity contribution in [3.8, 4) is 0 Å². The molecule has 0 aliphatic rings. The van der Waals surface area contributed by atoms with Crippen molar-refractivity contribution in [1.29, 1.82) is 0 Å². The average molecular weight is 433 g/mol. The molecule has 0 heterocycles. The Morgan fingerprint density at radius 2 is 1.40 bits per heavy atom. The molecule has 0 saturated heterocycles. The van der Waals surface area contributed by atoms with Crippen LogP contribution in [0.4, 0.5) is 0 Å². The van der Waals surface area contributed by atoms with Crippen molar-refractivity contribution < 1.29 is 48.9 Å². The Labute approximate surface area is 169 Å². The highest BCUT2D eigenvalue weighted by molar-refractivity contribution is 5.95. The second-order valence-electron chi connectivity index (χ2n) is 6.04. The summed E-state index contributed by atoms with van der Waals surface area (Å²) >= 11 is 0. The number of nitrogens with one attached hydrogen (secondary N) is 3. The third kappa shape index (κ3) is 11.2. The second kappa shape index (κ2) is 12.7. The molecule has 0 aromatic carbocycles. The lowest BCUT2D eigenvalue weighted by Gasteiger charge is -2.20. The monoisotopic (exact) mass is 433 g/mol. The van der Waals surface area contributed by atoms with Gasteiger partial charge in [0.2, 0.25) is 23.6 Å². The predicted molar refractivity (Wildman–Crippen MR) is 95.4 cm³/mol. The van der Waals surface area contributed by atoms with E-state index in [1.54, 1.807) is 0 Å². The maximum atomic E-state index is 12.1. The first-order valence-corrected chi connectivity index (χ1v) is 8.41. The molecule has 0 spiro atoms. The number of aliphatic carboxylic acids is 3. The highest BCUT2D eigenvalue weighted by Crippen LogP contribution is 1.99. The van der Waals surface area contributed by atoms with E-state index in [1.807, 2.05) is 10.6 Å². The summed E-state index contributed by atoms with van der Waals surface area (Å²) in [6, 6.07) is -4.67. The first-order valence-electron chi connectivity index (χ1n) is 8.41. The van der Waals surface area contributed by atoms with E-state index in [-0.39, 0.29) is 12.8 Å². The lowest BCUT2D eigenvalue weighted by molar-refractivity contribution is -0.144. The fourth-order valence-electron chi connectivity index (χ4n) is 2.01. The summed E-state index contributed by atoms with van der Waals surface area (Å²) in [5.74, 6) is -8.38. The van der Waals surface area contributed by atoms with Gasteiger partial charge < -0.3 is 42.7 Å². The van der Waals surface area contributed by atoms with Gasteiger partial charge in [0.1, 0.15) is 12.1 Å². The van der Waals surface area contributed by atoms with Gasteiger partial charge in [-0.05, 0) is 6.42 Å². The third-order valence-electron chi connectivity index (χ3n) is 3.48. The van der Waals surface area contributed by atoms with E-state index in [4.69, 9.17) is 26.8 Å². The Morgan fingerprint density at radius 1 is 0.800 bits per heavy atom. The molecule has 0 aliphatic heterocycles. The maximum Gasteiger partial charge on any atom is 0.326 e. The predicted octanol–water partition coefficient (Wildman–Crippen LogP) is -4.30. The number of primary amides is 1. The topological polar surface area (TPSA) is 268 Å². The molecule has 3 unspecified atom stereocenters. The molecule has 0 fully saturated rings. The van der Waals surface area contributed by atoms with Gasteiger partial charge in [0.05, 0.1) is 25.4 Å². The van der Waals surface area contributed by atoms with Gasteiger partial charge in [-0.15, -0.1) is 0 Å². The van der Waals surface area contributed by atoms with Crippen LogP contribution < -0.4 is 27.4 Å². The first kappa shape index (κ1) is 26.2. The van der Waals surface area contributed by atoms with Crippen LogP contribution in [0.5, 0.6) is 0 Å². The Balaban J connectivity index is 4.89. The number of nitrogens with two attached hydrogens (primary N) is 2. The van der Waals surface area contributed by atoms with Crippen LogP contribution in [0.15, 0.2) is 0 Å². The van der Waals surface area contributed by atoms with Crippen LogP contribution >= 0.6 is 0 Å². The van der Waals surface area contributed by atoms with E-state index in [2.05, 4.69) is 5.32 Å². The molecule has 15 heteroatoms. The molecule has 4 amide bonds. The van der Waals surface area contributed by atoms with Crippen molar-refractivity contribution in [2.75, 3.05) is 6.54 Å². The normalized spacial score (nSPS) is 13.2. The van der Waals surface area contributed by atoms with Gasteiger partial charge in [-0.3, -0.25) is 28.8 Å². The van der Waals surface area contributed by atoms with Crippen molar-refractivity contribution in [3.05, 3.63) is 0 Å². The second-order valence-corrected chi connectivity index (χ2v) is 6.04. The zero-order valence-electron chi connectivity index (χ0n) is 15.6. The summed E-state index contributed by atoms with van der Waals surface area (Å²) in [4.78, 5) is 79.0. The third-order valence-corrected chi connectivity index (χ3v) is 3.48. The van der Waals surface area contributed by atoms with Crippen molar-refractivity contribution in [1.82, 2.24) is 16.0 Å². The number of hydrogen-bond acceptors (Lipinski definition) is 8. The largest absolute Gasteiger partial charge is 0.481 e. The number of rotatable bonds is 14. The molecule has 0 rings (SSSR count). The highest BCUT2D eigenvalue weighted by Gasteiger charge is 2.29. The molecule has 0 radical (unpaired) electrons. The van der Waals surface area contributed by atoms with Gasteiger partial charge in [0.15, 0.2) is 0 Å². The molecular weight excluding hydrogens is 410 g/mol. The fourth-order valence-corrected chi connectivity index (χ4v) is 2.01. The van der Waals surface area contributed by atoms with E-state index in [0.717, 1.165) is 0 Å². The van der Waals surface area contributed by atoms with E-state index < -0.39 is 79.0 Å². The van der Waals surface area contributed by atoms with Crippen molar-refractivity contribution in [2.24, 2.45) is 11.5 Å². The Bertz CT molecular complexity index is 710. The van der Waals surface area contributed by atoms with E-state index in [0.29, 0.717) is 0 Å². The molecule has 10 N–H and O–H groups in total. The molecule has 0 bridgehead atoms. The highest BCUT2D eigenvalue weighted by atomic mass is 16.4. The molecular formula is C15H23N5O10. The number of amides is 4. The van der Waals surface area contributed by atoms with E-state index in [1.165, 1.54) is 0 Å². The van der Waals surface area contributed by atoms with Gasteiger partial charge in [-0.1, -0.05) is 0 Å². The lowest BCUT2D eigenvalue weighted by Crippen LogP contribution is -2.54. The van der Waals surface area contributed by atoms with Crippen LogP contribution in [-0.2, 0) is 33.6 Å². The number of carbonyl (C=O) groups excluding carboxylic acids is 4. The minimum atomic E-state index is -1.74. The first-order chi connectivity index (χ1) is 13.8. The Hall–Kier alpha value is -3.75. The van der Waals surface area contributed by atoms with Crippen LogP contribution in [0.25, 0.3) is 0 Å². The summed E-state index contributed by atoms with van der Waals surface area (Å²) in [6.07, 6.45) is -2.26. The quantitative estimate of drug-likeness (QED) is 0.130. The van der Waals surface area contributed by atoms with Crippen LogP contribution in [-0.4, -0.2) is 81.5 Å². The molecule has 0 saturated carbocycles. The van der Waals surface area contributed by atoms with Gasteiger partial charge in [-0.25, -0.2) is 4.79 Å². The molecule has 0 aromatic heterocycles. The van der Waals surface area contributed by atoms with Crippen molar-refractivity contribution in [2.45, 2.75) is 43.8 Å². The Kier molecular flexibility index (Phi) is 11.1. The van der Waals surface area contributed by atoms with Crippen LogP contribution in [0.3, 0.4) is 0 Å². The fraction of sp³-hybridized carbons (Fsp3) is 0.533. The number of carbonyl (C=O) groups is 7. The zero-order chi connectivity index (χ0) is 23.4. The minimum absolute atomic E-state index is 0.191. The van der Waals surface area contributed by atoms with Gasteiger partial charge in [0, 0.05) is 6.42 Å². The molecule has 168 valence electrons. The van der Waals surface area contributed by atoms with Crippen LogP contribution in [0, 0.1) is 0 Å². The zero-order valence-corrected chi connectivity index (χ0v) is 15.6. The molecule has 30 heavy (non-hydrogen) atoms. The minimum Gasteiger partial charge on any atom is -0.481 e. The lowest BCUT2D eigenvalue weighted by atomic mass is 10.1. The smallest absolute Gasteiger partial charge is 0.326 e. The van der Waals surface area contributed by atoms with E-state index in [9.17, 15) is 33.6 Å². The number of hydrogen-bond donors (Lipinski definition) is 8. The summed E-state index contributed by atoms with van der Waals surface area (Å²) in [5.41, 5.74) is 10.3. The average Bonchev–Trinajstić information content (AvgIpc) is 2.61. The summed E-state index contributed by atoms with van der Waals surface area (Å²) in [6.45, 7) is -0.716. The van der Waals surface area contributed by atoms with Crippen LogP contribution in [0.1, 0.15) is 25.7 Å². The summed E-state index contributed by atoms with van der Waals surface area (Å²) in [5, 5.41) is 32.3. The van der Waals surface area contributed by atoms with Gasteiger partial charge in [-0.2, -0.15) is 0 Å². The van der Waals surface area contributed by atoms with Crippen LogP contribution in [0.2, 0.25) is 0 Å². The van der Waals surface area contributed by atoms with Gasteiger partial charge >= 0.3 is 17.9 Å². The van der Waals surface area contributed by atoms with Crippen molar-refractivity contribution >= 4 is 41.5 Å². The maximum absolute atomic E-state index is 12.1. The summed E-state index contributed by atoms with van der Waals surface area (Å²) < 4.78 is 0. The molecule has 0 aliphatic carbocycles. The van der Waals surface area contributed by atoms with Gasteiger partial charge in [0.25, 0.3) is 0 Å². The molecule has 0 aromatic rings. The number of carboxylic acids is 3. The Morgan fingerprint density at radius 3 is 1.87 bits per heavy atom. The SMILES string of the molecule is NC(=O)CC(NC(=O)C(CC(=O)O)NC(=O)CNC(=O)C(N)CCC(=O)O)C(=O)O. The molecule has 3 atom stereocenters. The van der Waals surface area contributed by atoms with Crippen molar-refractivity contribution in [3.63, 3.8) is 0 Å². The van der Waals surface area contributed by atoms with E-state index >= 15 is 0 Å².